The third kappa shape index (κ3) is 1.71. The Morgan fingerprint density at radius 2 is 2.22 bits per heavy atom. The number of carbonyl (C=O) groups is 1. The molecule has 1 aromatic rings. The van der Waals surface area contributed by atoms with Crippen LogP contribution >= 0.6 is 0 Å². The van der Waals surface area contributed by atoms with Crippen LogP contribution in [-0.4, -0.2) is 32.9 Å². The number of carbonyl (C=O) groups excluding carboxylic acids is 1. The Labute approximate surface area is 107 Å². The molecule has 5 heteroatoms. The van der Waals surface area contributed by atoms with Crippen LogP contribution in [0.25, 0.3) is 0 Å². The van der Waals surface area contributed by atoms with Gasteiger partial charge in [-0.25, -0.2) is 19.3 Å². The summed E-state index contributed by atoms with van der Waals surface area (Å²) in [5, 5.41) is 0. The average Bonchev–Trinajstić information content (AvgIpc) is 2.96. The van der Waals surface area contributed by atoms with E-state index in [1.165, 1.54) is 10.9 Å². The molecule has 1 atom stereocenters. The molecule has 1 aliphatic heterocycles. The summed E-state index contributed by atoms with van der Waals surface area (Å²) in [7, 11) is 0. The second kappa shape index (κ2) is 4.49. The Balaban J connectivity index is 2.46. The Morgan fingerprint density at radius 3 is 2.67 bits per heavy atom. The zero-order chi connectivity index (χ0) is 13.3. The maximum absolute atomic E-state index is 12.6. The van der Waals surface area contributed by atoms with Gasteiger partial charge in [0.25, 0.3) is 0 Å². The molecule has 1 amide bonds. The van der Waals surface area contributed by atoms with Crippen LogP contribution in [0.5, 0.6) is 0 Å². The highest BCUT2D eigenvalue weighted by molar-refractivity contribution is 5.80. The number of rotatable bonds is 2. The van der Waals surface area contributed by atoms with Gasteiger partial charge in [0.15, 0.2) is 0 Å². The van der Waals surface area contributed by atoms with Crippen molar-refractivity contribution in [3.8, 4) is 0 Å². The number of hydrogen-bond donors (Lipinski definition) is 0. The fraction of sp³-hybridized carbons (Fsp3) is 0.462. The second-order valence-corrected chi connectivity index (χ2v) is 4.81. The van der Waals surface area contributed by atoms with Gasteiger partial charge in [0.2, 0.25) is 6.34 Å². The maximum atomic E-state index is 12.6. The fourth-order valence-electron chi connectivity index (χ4n) is 2.34. The molecule has 5 nitrogen and oxygen atoms in total. The van der Waals surface area contributed by atoms with E-state index in [-0.39, 0.29) is 10.5 Å². The molecule has 0 saturated carbocycles. The molecule has 1 unspecified atom stereocenters. The molecule has 0 fully saturated rings. The van der Waals surface area contributed by atoms with Gasteiger partial charge in [0.05, 0.1) is 6.54 Å². The largest absolute Gasteiger partial charge is 0.439 e. The molecule has 0 N–H and O–H groups in total. The van der Waals surface area contributed by atoms with E-state index in [2.05, 4.69) is 23.8 Å². The van der Waals surface area contributed by atoms with Crippen molar-refractivity contribution in [2.24, 2.45) is 10.9 Å². The van der Waals surface area contributed by atoms with Crippen molar-refractivity contribution in [3.05, 3.63) is 30.1 Å². The van der Waals surface area contributed by atoms with E-state index < -0.39 is 0 Å². The predicted molar refractivity (Wildman–Crippen MR) is 69.9 cm³/mol. The summed E-state index contributed by atoms with van der Waals surface area (Å²) >= 11 is 0. The topological polar surface area (TPSA) is 47.2 Å². The minimum Gasteiger partial charge on any atom is -0.245 e. The summed E-state index contributed by atoms with van der Waals surface area (Å²) in [6, 6.07) is -0.0353. The number of nitrogens with zero attached hydrogens (tertiary/aromatic N) is 4. The van der Waals surface area contributed by atoms with Crippen molar-refractivity contribution >= 4 is 12.4 Å². The van der Waals surface area contributed by atoms with Gasteiger partial charge in [0, 0.05) is 25.2 Å². The maximum Gasteiger partial charge on any atom is 0.439 e. The number of amides is 1. The molecule has 0 spiro atoms. The van der Waals surface area contributed by atoms with E-state index in [4.69, 9.17) is 0 Å². The fourth-order valence-corrected chi connectivity index (χ4v) is 2.34. The molecule has 0 aliphatic carbocycles. The minimum atomic E-state index is -0.0353. The van der Waals surface area contributed by atoms with Crippen LogP contribution in [0, 0.1) is 5.92 Å². The van der Waals surface area contributed by atoms with Crippen LogP contribution in [0.15, 0.2) is 35.1 Å². The lowest BCUT2D eigenvalue weighted by Gasteiger charge is -2.26. The van der Waals surface area contributed by atoms with Gasteiger partial charge in [-0.2, -0.15) is 4.48 Å². The van der Waals surface area contributed by atoms with E-state index >= 15 is 0 Å². The van der Waals surface area contributed by atoms with Gasteiger partial charge in [-0.15, -0.1) is 0 Å². The van der Waals surface area contributed by atoms with Gasteiger partial charge < -0.3 is 0 Å². The third-order valence-corrected chi connectivity index (χ3v) is 3.48. The smallest absolute Gasteiger partial charge is 0.245 e. The summed E-state index contributed by atoms with van der Waals surface area (Å²) in [5.74, 6) is 0.323. The molecule has 2 heterocycles. The average molecular weight is 247 g/mol. The van der Waals surface area contributed by atoms with Crippen LogP contribution in [-0.2, 0) is 0 Å². The Bertz CT molecular complexity index is 513. The Hall–Kier alpha value is -1.75. The first kappa shape index (κ1) is 12.7. The molecule has 0 bridgehead atoms. The molecule has 0 radical (unpaired) electrons. The second-order valence-electron chi connectivity index (χ2n) is 4.81. The number of imidazole rings is 1. The first-order chi connectivity index (χ1) is 8.53. The van der Waals surface area contributed by atoms with Gasteiger partial charge in [-0.3, -0.25) is 0 Å². The molecule has 18 heavy (non-hydrogen) atoms. The quantitative estimate of drug-likeness (QED) is 0.754. The van der Waals surface area contributed by atoms with Crippen molar-refractivity contribution in [1.82, 2.24) is 9.55 Å². The lowest BCUT2D eigenvalue weighted by molar-refractivity contribution is -0.704. The molecule has 0 aromatic carbocycles. The van der Waals surface area contributed by atoms with Crippen molar-refractivity contribution < 1.29 is 9.28 Å². The van der Waals surface area contributed by atoms with Gasteiger partial charge in [0.1, 0.15) is 17.7 Å². The highest BCUT2D eigenvalue weighted by Crippen LogP contribution is 2.30. The Kier molecular flexibility index (Phi) is 3.17. The van der Waals surface area contributed by atoms with Crippen LogP contribution in [0.2, 0.25) is 0 Å². The van der Waals surface area contributed by atoms with Crippen molar-refractivity contribution in [2.45, 2.75) is 27.7 Å². The molecule has 96 valence electrons. The Morgan fingerprint density at radius 1 is 1.50 bits per heavy atom. The number of aromatic nitrogens is 2. The summed E-state index contributed by atoms with van der Waals surface area (Å²) in [5.41, 5.74) is 2.01. The standard InChI is InChI=1S/C13H19N4O/c1-5-17(13(18)16-7-6-14-8-16)9-15-12(10(2)3)11(17)4/h6-10H,5H2,1-4H3/q+1. The highest BCUT2D eigenvalue weighted by Gasteiger charge is 2.43. The molecule has 1 aliphatic rings. The molecular formula is C13H19N4O+. The molecular weight excluding hydrogens is 228 g/mol. The lowest BCUT2D eigenvalue weighted by atomic mass is 10.1. The van der Waals surface area contributed by atoms with E-state index in [0.717, 1.165) is 11.4 Å². The predicted octanol–water partition coefficient (Wildman–Crippen LogP) is 2.62. The zero-order valence-electron chi connectivity index (χ0n) is 11.3. The number of hydrogen-bond acceptors (Lipinski definition) is 3. The monoisotopic (exact) mass is 247 g/mol. The first-order valence-electron chi connectivity index (χ1n) is 6.20. The SMILES string of the molecule is CC[N+]1(C(=O)n2ccnc2)C=NC(C(C)C)=C1C. The van der Waals surface area contributed by atoms with Crippen LogP contribution < -0.4 is 0 Å². The number of aliphatic imine (C=N–C) groups is 1. The zero-order valence-corrected chi connectivity index (χ0v) is 11.3. The van der Waals surface area contributed by atoms with E-state index in [9.17, 15) is 4.79 Å². The number of allylic oxidation sites excluding steroid dienone is 2. The summed E-state index contributed by atoms with van der Waals surface area (Å²) in [6.45, 7) is 8.82. The molecule has 0 saturated heterocycles. The highest BCUT2D eigenvalue weighted by atomic mass is 16.2. The van der Waals surface area contributed by atoms with Crippen molar-refractivity contribution in [2.75, 3.05) is 6.54 Å². The molecule has 1 aromatic heterocycles. The normalized spacial score (nSPS) is 23.2. The van der Waals surface area contributed by atoms with E-state index in [0.29, 0.717) is 12.5 Å². The van der Waals surface area contributed by atoms with Crippen molar-refractivity contribution in [3.63, 3.8) is 0 Å². The van der Waals surface area contributed by atoms with E-state index in [1.54, 1.807) is 18.7 Å². The third-order valence-electron chi connectivity index (χ3n) is 3.48. The van der Waals surface area contributed by atoms with E-state index in [1.807, 2.05) is 13.8 Å². The van der Waals surface area contributed by atoms with Crippen molar-refractivity contribution in [1.29, 1.82) is 0 Å². The minimum absolute atomic E-state index is 0.0353. The number of quaternary nitrogens is 1. The van der Waals surface area contributed by atoms with Gasteiger partial charge >= 0.3 is 6.03 Å². The van der Waals surface area contributed by atoms with Crippen LogP contribution in [0.1, 0.15) is 27.7 Å². The molecule has 2 rings (SSSR count). The van der Waals surface area contributed by atoms with Gasteiger partial charge in [-0.05, 0) is 6.92 Å². The van der Waals surface area contributed by atoms with Crippen LogP contribution in [0.4, 0.5) is 4.79 Å². The summed E-state index contributed by atoms with van der Waals surface area (Å²) in [6.07, 6.45) is 6.56. The van der Waals surface area contributed by atoms with Gasteiger partial charge in [-0.1, -0.05) is 13.8 Å². The summed E-state index contributed by atoms with van der Waals surface area (Å²) in [4.78, 5) is 21.0. The first-order valence-corrected chi connectivity index (χ1v) is 6.20. The summed E-state index contributed by atoms with van der Waals surface area (Å²) < 4.78 is 1.67. The lowest BCUT2D eigenvalue weighted by Crippen LogP contribution is -2.50. The van der Waals surface area contributed by atoms with Crippen LogP contribution in [0.3, 0.4) is 0 Å².